The molecule has 0 radical (unpaired) electrons. The Balaban J connectivity index is 2.47. The molecule has 0 amide bonds. The van der Waals surface area contributed by atoms with Crippen LogP contribution in [0, 0.1) is 0 Å². The molecule has 0 aromatic rings. The Morgan fingerprint density at radius 1 is 1.70 bits per heavy atom. The first-order chi connectivity index (χ1) is 4.61. The molecule has 2 N–H and O–H groups in total. The summed E-state index contributed by atoms with van der Waals surface area (Å²) < 4.78 is 10.5. The van der Waals surface area contributed by atoms with Gasteiger partial charge in [0.25, 0.3) is 0 Å². The number of nitrogens with one attached hydrogen (secondary N) is 1. The van der Waals surface area contributed by atoms with Crippen molar-refractivity contribution in [1.82, 2.24) is 5.32 Å². The van der Waals surface area contributed by atoms with Gasteiger partial charge in [0.05, 0.1) is 0 Å². The highest BCUT2D eigenvalue weighted by atomic mass is 31.2. The second-order valence-electron chi connectivity index (χ2n) is 2.56. The Kier molecular flexibility index (Phi) is 2.47. The van der Waals surface area contributed by atoms with Crippen LogP contribution >= 0.6 is 7.60 Å². The van der Waals surface area contributed by atoms with Crippen molar-refractivity contribution in [2.45, 2.75) is 18.5 Å². The molecule has 0 aliphatic carbocycles. The minimum atomic E-state index is -4.05. The summed E-state index contributed by atoms with van der Waals surface area (Å²) >= 11 is 0. The lowest BCUT2D eigenvalue weighted by atomic mass is 10.2. The number of hydrogen-bond donors (Lipinski definition) is 2. The fraction of sp³-hybridized carbons (Fsp3) is 1.00. The second kappa shape index (κ2) is 3.01. The molecule has 5 heteroatoms. The molecule has 1 saturated heterocycles. The maximum Gasteiger partial charge on any atom is 0.136 e. The van der Waals surface area contributed by atoms with Gasteiger partial charge in [0, 0.05) is 12.2 Å². The van der Waals surface area contributed by atoms with Crippen LogP contribution in [-0.2, 0) is 4.57 Å². The highest BCUT2D eigenvalue weighted by Crippen LogP contribution is 2.39. The molecule has 1 fully saturated rings. The lowest BCUT2D eigenvalue weighted by molar-refractivity contribution is -0.196. The van der Waals surface area contributed by atoms with E-state index in [0.717, 1.165) is 13.0 Å². The fourth-order valence-corrected chi connectivity index (χ4v) is 1.98. The highest BCUT2D eigenvalue weighted by molar-refractivity contribution is 7.51. The van der Waals surface area contributed by atoms with Crippen molar-refractivity contribution in [2.75, 3.05) is 13.1 Å². The van der Waals surface area contributed by atoms with Crippen molar-refractivity contribution in [1.29, 1.82) is 0 Å². The number of hydrogen-bond acceptors (Lipinski definition) is 3. The van der Waals surface area contributed by atoms with Crippen LogP contribution in [0.25, 0.3) is 0 Å². The van der Waals surface area contributed by atoms with E-state index in [1.54, 1.807) is 0 Å². The quantitative estimate of drug-likeness (QED) is 0.502. The van der Waals surface area contributed by atoms with Crippen molar-refractivity contribution in [2.24, 2.45) is 0 Å². The van der Waals surface area contributed by atoms with Crippen LogP contribution in [-0.4, -0.2) is 23.6 Å². The smallest absolute Gasteiger partial charge is 0.136 e. The molecule has 0 spiro atoms. The van der Waals surface area contributed by atoms with Gasteiger partial charge in [0.2, 0.25) is 0 Å². The van der Waals surface area contributed by atoms with E-state index in [1.165, 1.54) is 0 Å². The first-order valence-corrected chi connectivity index (χ1v) is 4.99. The molecule has 0 aromatic carbocycles. The molecule has 0 aromatic heterocycles. The van der Waals surface area contributed by atoms with Gasteiger partial charge >= 0.3 is 0 Å². The molecular formula is C5H11NO3P-. The Morgan fingerprint density at radius 3 is 2.70 bits per heavy atom. The summed E-state index contributed by atoms with van der Waals surface area (Å²) in [5, 5.41) is 2.91. The zero-order valence-corrected chi connectivity index (χ0v) is 6.51. The first-order valence-electron chi connectivity index (χ1n) is 3.35. The van der Waals surface area contributed by atoms with Crippen molar-refractivity contribution in [3.05, 3.63) is 0 Å². The van der Waals surface area contributed by atoms with Crippen LogP contribution in [0.15, 0.2) is 0 Å². The summed E-state index contributed by atoms with van der Waals surface area (Å²) in [5.41, 5.74) is -0.554. The normalized spacial score (nSPS) is 33.2. The van der Waals surface area contributed by atoms with Crippen LogP contribution in [0.3, 0.4) is 0 Å². The third kappa shape index (κ3) is 2.06. The van der Waals surface area contributed by atoms with Crippen LogP contribution in [0.4, 0.5) is 0 Å². The van der Waals surface area contributed by atoms with Gasteiger partial charge in [-0.25, -0.2) is 0 Å². The molecule has 1 aliphatic rings. The maximum absolute atomic E-state index is 10.5. The summed E-state index contributed by atoms with van der Waals surface area (Å²) in [6, 6.07) is 0. The molecular weight excluding hydrogens is 153 g/mol. The molecule has 1 rings (SSSR count). The zero-order valence-electron chi connectivity index (χ0n) is 5.62. The Labute approximate surface area is 59.8 Å². The molecule has 10 heavy (non-hydrogen) atoms. The van der Waals surface area contributed by atoms with Gasteiger partial charge in [-0.2, -0.15) is 0 Å². The molecule has 2 atom stereocenters. The highest BCUT2D eigenvalue weighted by Gasteiger charge is 2.21. The Morgan fingerprint density at radius 2 is 2.40 bits per heavy atom. The van der Waals surface area contributed by atoms with Gasteiger partial charge in [0.15, 0.2) is 0 Å². The molecule has 0 bridgehead atoms. The summed E-state index contributed by atoms with van der Waals surface area (Å²) in [7, 11) is -4.05. The van der Waals surface area contributed by atoms with Gasteiger partial charge in [-0.05, 0) is 19.4 Å². The average Bonchev–Trinajstić information content (AvgIpc) is 1.88. The SMILES string of the molecule is O=P([O-])(O)C1CCCNC1. The Bertz CT molecular complexity index is 149. The van der Waals surface area contributed by atoms with Crippen molar-refractivity contribution >= 4 is 7.60 Å². The molecule has 1 aliphatic heterocycles. The summed E-state index contributed by atoms with van der Waals surface area (Å²) in [5.74, 6) is 0. The zero-order chi connectivity index (χ0) is 7.61. The minimum Gasteiger partial charge on any atom is -0.778 e. The molecule has 0 saturated carbocycles. The van der Waals surface area contributed by atoms with Gasteiger partial charge in [-0.3, -0.25) is 0 Å². The van der Waals surface area contributed by atoms with Gasteiger partial charge in [-0.15, -0.1) is 0 Å². The third-order valence-corrected chi connectivity index (χ3v) is 3.10. The van der Waals surface area contributed by atoms with Crippen LogP contribution in [0.5, 0.6) is 0 Å². The minimum absolute atomic E-state index is 0.400. The second-order valence-corrected chi connectivity index (χ2v) is 4.42. The van der Waals surface area contributed by atoms with Gasteiger partial charge in [0.1, 0.15) is 7.60 Å². The fourth-order valence-electron chi connectivity index (χ4n) is 1.11. The predicted molar refractivity (Wildman–Crippen MR) is 35.7 cm³/mol. The van der Waals surface area contributed by atoms with E-state index >= 15 is 0 Å². The molecule has 4 nitrogen and oxygen atoms in total. The standard InChI is InChI=1S/C5H12NO3P/c7-10(8,9)5-2-1-3-6-4-5/h5-6H,1-4H2,(H2,7,8,9)/p-1. The molecule has 60 valence electrons. The largest absolute Gasteiger partial charge is 0.778 e. The first kappa shape index (κ1) is 8.21. The Hall–Kier alpha value is 0.110. The molecule has 1 heterocycles. The molecule has 2 unspecified atom stereocenters. The van der Waals surface area contributed by atoms with Crippen molar-refractivity contribution < 1.29 is 14.4 Å². The number of piperidine rings is 1. The maximum atomic E-state index is 10.5. The van der Waals surface area contributed by atoms with Crippen molar-refractivity contribution in [3.8, 4) is 0 Å². The lowest BCUT2D eigenvalue weighted by Crippen LogP contribution is -2.35. The topological polar surface area (TPSA) is 72.4 Å². The average molecular weight is 164 g/mol. The monoisotopic (exact) mass is 164 g/mol. The van der Waals surface area contributed by atoms with Crippen LogP contribution in [0.2, 0.25) is 0 Å². The van der Waals surface area contributed by atoms with Crippen molar-refractivity contribution in [3.63, 3.8) is 0 Å². The van der Waals surface area contributed by atoms with E-state index < -0.39 is 13.3 Å². The summed E-state index contributed by atoms with van der Waals surface area (Å²) in [4.78, 5) is 19.1. The van der Waals surface area contributed by atoms with E-state index in [4.69, 9.17) is 4.89 Å². The predicted octanol–water partition coefficient (Wildman–Crippen LogP) is -0.716. The van der Waals surface area contributed by atoms with E-state index in [1.807, 2.05) is 0 Å². The van der Waals surface area contributed by atoms with E-state index in [0.29, 0.717) is 13.0 Å². The van der Waals surface area contributed by atoms with Gasteiger partial charge in [-0.1, -0.05) is 0 Å². The van der Waals surface area contributed by atoms with E-state index in [-0.39, 0.29) is 0 Å². The van der Waals surface area contributed by atoms with Crippen LogP contribution in [0.1, 0.15) is 12.8 Å². The van der Waals surface area contributed by atoms with Gasteiger partial charge < -0.3 is 19.7 Å². The van der Waals surface area contributed by atoms with E-state index in [9.17, 15) is 9.46 Å². The summed E-state index contributed by atoms with van der Waals surface area (Å²) in [6.45, 7) is 1.26. The number of rotatable bonds is 1. The summed E-state index contributed by atoms with van der Waals surface area (Å²) in [6.07, 6.45) is 1.42. The van der Waals surface area contributed by atoms with Crippen LogP contribution < -0.4 is 10.2 Å². The van der Waals surface area contributed by atoms with E-state index in [2.05, 4.69) is 5.32 Å². The third-order valence-electron chi connectivity index (χ3n) is 1.73. The lowest BCUT2D eigenvalue weighted by Gasteiger charge is -2.30.